The van der Waals surface area contributed by atoms with Crippen molar-refractivity contribution < 1.29 is 27.8 Å². The van der Waals surface area contributed by atoms with Crippen LogP contribution in [-0.4, -0.2) is 46.4 Å². The highest BCUT2D eigenvalue weighted by molar-refractivity contribution is 5.73. The molecular weight excluding hydrogens is 303 g/mol. The van der Waals surface area contributed by atoms with Crippen LogP contribution in [0.15, 0.2) is 12.4 Å². The maximum Gasteiger partial charge on any atom is 0.394 e. The fourth-order valence-electron chi connectivity index (χ4n) is 2.40. The molecule has 1 fully saturated rings. The number of aliphatic carboxylic acids is 1. The average molecular weight is 319 g/mol. The number of hydrogen-bond acceptors (Lipinski definition) is 5. The predicted octanol–water partition coefficient (Wildman–Crippen LogP) is 1.96. The van der Waals surface area contributed by atoms with Crippen LogP contribution >= 0.6 is 0 Å². The second-order valence-corrected chi connectivity index (χ2v) is 5.35. The largest absolute Gasteiger partial charge is 0.481 e. The Morgan fingerprint density at radius 1 is 1.36 bits per heavy atom. The van der Waals surface area contributed by atoms with Crippen molar-refractivity contribution in [3.63, 3.8) is 0 Å². The molecule has 2 heterocycles. The van der Waals surface area contributed by atoms with Crippen LogP contribution in [-0.2, 0) is 4.79 Å². The van der Waals surface area contributed by atoms with E-state index in [2.05, 4.69) is 9.97 Å². The van der Waals surface area contributed by atoms with E-state index < -0.39 is 30.5 Å². The van der Waals surface area contributed by atoms with Crippen molar-refractivity contribution in [2.24, 2.45) is 11.8 Å². The van der Waals surface area contributed by atoms with E-state index in [1.165, 1.54) is 17.3 Å². The Bertz CT molecular complexity index is 551. The van der Waals surface area contributed by atoms with Crippen LogP contribution in [0.5, 0.6) is 5.88 Å². The van der Waals surface area contributed by atoms with Crippen molar-refractivity contribution in [1.29, 1.82) is 0 Å². The average Bonchev–Trinajstić information content (AvgIpc) is 2.83. The van der Waals surface area contributed by atoms with Gasteiger partial charge in [-0.25, -0.2) is 9.97 Å². The number of carbonyl (C=O) groups is 1. The van der Waals surface area contributed by atoms with Gasteiger partial charge in [-0.2, -0.15) is 13.2 Å². The number of carboxylic acids is 1. The second kappa shape index (κ2) is 5.98. The first-order chi connectivity index (χ1) is 10.2. The summed E-state index contributed by atoms with van der Waals surface area (Å²) in [6.45, 7) is 2.74. The number of ether oxygens (including phenoxy) is 1. The molecule has 122 valence electrons. The zero-order valence-electron chi connectivity index (χ0n) is 12.0. The molecule has 0 aliphatic carbocycles. The van der Waals surface area contributed by atoms with E-state index >= 15 is 0 Å². The number of hydrogen-bond donors (Lipinski definition) is 1. The topological polar surface area (TPSA) is 75.6 Å². The molecule has 0 saturated carbocycles. The van der Waals surface area contributed by atoms with Crippen LogP contribution in [0.25, 0.3) is 0 Å². The van der Waals surface area contributed by atoms with E-state index in [-0.39, 0.29) is 24.3 Å². The first-order valence-electron chi connectivity index (χ1n) is 6.72. The van der Waals surface area contributed by atoms with Crippen molar-refractivity contribution >= 4 is 11.8 Å². The molecule has 1 N–H and O–H groups in total. The molecule has 1 saturated heterocycles. The fourth-order valence-corrected chi connectivity index (χ4v) is 2.40. The summed E-state index contributed by atoms with van der Waals surface area (Å²) < 4.78 is 44.5. The molecule has 1 aromatic rings. The van der Waals surface area contributed by atoms with Crippen molar-refractivity contribution in [3.05, 3.63) is 12.4 Å². The van der Waals surface area contributed by atoms with Gasteiger partial charge in [0.2, 0.25) is 0 Å². The first-order valence-corrected chi connectivity index (χ1v) is 6.72. The van der Waals surface area contributed by atoms with Gasteiger partial charge in [0.1, 0.15) is 0 Å². The lowest BCUT2D eigenvalue weighted by atomic mass is 9.96. The SMILES string of the molecule is CC(C)Oc1nccnc1N1C[C@@H](C(F)(F)F)[C@H](C(=O)O)C1. The van der Waals surface area contributed by atoms with Gasteiger partial charge in [0.25, 0.3) is 5.88 Å². The highest BCUT2D eigenvalue weighted by atomic mass is 19.4. The van der Waals surface area contributed by atoms with Gasteiger partial charge < -0.3 is 14.7 Å². The third kappa shape index (κ3) is 3.40. The van der Waals surface area contributed by atoms with Crippen molar-refractivity contribution in [2.45, 2.75) is 26.1 Å². The van der Waals surface area contributed by atoms with Crippen molar-refractivity contribution in [1.82, 2.24) is 9.97 Å². The lowest BCUT2D eigenvalue weighted by Gasteiger charge is -2.21. The molecule has 9 heteroatoms. The molecule has 0 amide bonds. The standard InChI is InChI=1S/C13H16F3N3O3/c1-7(2)22-11-10(17-3-4-18-11)19-5-8(12(20)21)9(6-19)13(14,15)16/h3-4,7-9H,5-6H2,1-2H3,(H,20,21)/t8-,9-/m1/s1. The molecule has 0 unspecified atom stereocenters. The zero-order chi connectivity index (χ0) is 16.5. The third-order valence-electron chi connectivity index (χ3n) is 3.35. The van der Waals surface area contributed by atoms with Gasteiger partial charge in [-0.05, 0) is 13.8 Å². The number of anilines is 1. The van der Waals surface area contributed by atoms with Gasteiger partial charge in [0, 0.05) is 25.5 Å². The summed E-state index contributed by atoms with van der Waals surface area (Å²) in [7, 11) is 0. The molecule has 0 aromatic carbocycles. The molecular formula is C13H16F3N3O3. The summed E-state index contributed by atoms with van der Waals surface area (Å²) in [6.07, 6.45) is -2.11. The van der Waals surface area contributed by atoms with E-state index in [4.69, 9.17) is 9.84 Å². The Morgan fingerprint density at radius 2 is 2.00 bits per heavy atom. The van der Waals surface area contributed by atoms with E-state index in [1.54, 1.807) is 13.8 Å². The molecule has 0 radical (unpaired) electrons. The Balaban J connectivity index is 2.30. The number of halogens is 3. The van der Waals surface area contributed by atoms with E-state index in [9.17, 15) is 18.0 Å². The molecule has 22 heavy (non-hydrogen) atoms. The predicted molar refractivity (Wildman–Crippen MR) is 70.7 cm³/mol. The Labute approximate surface area is 124 Å². The second-order valence-electron chi connectivity index (χ2n) is 5.35. The molecule has 1 aliphatic heterocycles. The number of aromatic nitrogens is 2. The third-order valence-corrected chi connectivity index (χ3v) is 3.35. The van der Waals surface area contributed by atoms with Crippen LogP contribution in [0.1, 0.15) is 13.8 Å². The Morgan fingerprint density at radius 3 is 2.50 bits per heavy atom. The molecule has 6 nitrogen and oxygen atoms in total. The zero-order valence-corrected chi connectivity index (χ0v) is 12.0. The summed E-state index contributed by atoms with van der Waals surface area (Å²) in [5, 5.41) is 9.03. The molecule has 0 spiro atoms. The van der Waals surface area contributed by atoms with Gasteiger partial charge in [-0.1, -0.05) is 0 Å². The number of nitrogens with zero attached hydrogens (tertiary/aromatic N) is 3. The smallest absolute Gasteiger partial charge is 0.394 e. The summed E-state index contributed by atoms with van der Waals surface area (Å²) in [6, 6.07) is 0. The molecule has 2 rings (SSSR count). The number of alkyl halides is 3. The normalized spacial score (nSPS) is 22.2. The first kappa shape index (κ1) is 16.3. The fraction of sp³-hybridized carbons (Fsp3) is 0.615. The summed E-state index contributed by atoms with van der Waals surface area (Å²) >= 11 is 0. The summed E-state index contributed by atoms with van der Waals surface area (Å²) in [5.74, 6) is -4.72. The number of carboxylic acid groups (broad SMARTS) is 1. The maximum absolute atomic E-state index is 13.0. The van der Waals surface area contributed by atoms with Crippen LogP contribution in [0.2, 0.25) is 0 Å². The molecule has 1 aliphatic rings. The lowest BCUT2D eigenvalue weighted by Crippen LogP contribution is -2.33. The highest BCUT2D eigenvalue weighted by Crippen LogP contribution is 2.40. The number of rotatable bonds is 4. The minimum atomic E-state index is -4.58. The van der Waals surface area contributed by atoms with E-state index in [0.717, 1.165) is 0 Å². The highest BCUT2D eigenvalue weighted by Gasteiger charge is 2.53. The monoisotopic (exact) mass is 319 g/mol. The van der Waals surface area contributed by atoms with Gasteiger partial charge in [0.15, 0.2) is 5.82 Å². The van der Waals surface area contributed by atoms with Crippen LogP contribution in [0.4, 0.5) is 19.0 Å². The van der Waals surface area contributed by atoms with Crippen molar-refractivity contribution in [3.8, 4) is 5.88 Å². The van der Waals surface area contributed by atoms with Crippen LogP contribution in [0.3, 0.4) is 0 Å². The van der Waals surface area contributed by atoms with Gasteiger partial charge in [-0.3, -0.25) is 4.79 Å². The summed E-state index contributed by atoms with van der Waals surface area (Å²) in [4.78, 5) is 20.3. The molecule has 1 aromatic heterocycles. The van der Waals surface area contributed by atoms with Crippen LogP contribution in [0, 0.1) is 11.8 Å². The van der Waals surface area contributed by atoms with E-state index in [0.29, 0.717) is 0 Å². The van der Waals surface area contributed by atoms with Gasteiger partial charge >= 0.3 is 12.1 Å². The van der Waals surface area contributed by atoms with Crippen LogP contribution < -0.4 is 9.64 Å². The van der Waals surface area contributed by atoms with Crippen molar-refractivity contribution in [2.75, 3.05) is 18.0 Å². The maximum atomic E-state index is 13.0. The lowest BCUT2D eigenvalue weighted by molar-refractivity contribution is -0.187. The Kier molecular flexibility index (Phi) is 4.43. The van der Waals surface area contributed by atoms with Gasteiger partial charge in [0.05, 0.1) is 17.9 Å². The Hall–Kier alpha value is -2.06. The van der Waals surface area contributed by atoms with Gasteiger partial charge in [-0.15, -0.1) is 0 Å². The molecule has 0 bridgehead atoms. The quantitative estimate of drug-likeness (QED) is 0.914. The summed E-state index contributed by atoms with van der Waals surface area (Å²) in [5.41, 5.74) is 0. The van der Waals surface area contributed by atoms with E-state index in [1.807, 2.05) is 0 Å². The minimum absolute atomic E-state index is 0.101. The minimum Gasteiger partial charge on any atom is -0.481 e. The molecule has 2 atom stereocenters.